The van der Waals surface area contributed by atoms with Gasteiger partial charge in [-0.15, -0.1) is 0 Å². The highest BCUT2D eigenvalue weighted by Gasteiger charge is 2.33. The first-order chi connectivity index (χ1) is 70.8. The second-order valence-corrected chi connectivity index (χ2v) is 42.0. The molecule has 7 saturated heterocycles. The average molecular weight is 2110 g/mol. The summed E-state index contributed by atoms with van der Waals surface area (Å²) in [5.74, 6) is -0.625. The minimum absolute atomic E-state index is 0.00845. The van der Waals surface area contributed by atoms with Crippen LogP contribution in [0.1, 0.15) is 157 Å². The summed E-state index contributed by atoms with van der Waals surface area (Å²) in [6.07, 6.45) is 7.97. The Morgan fingerprint density at radius 2 is 0.723 bits per heavy atom. The Balaban J connectivity index is 0.000000170. The van der Waals surface area contributed by atoms with E-state index in [1.54, 1.807) is 72.8 Å². The summed E-state index contributed by atoms with van der Waals surface area (Å²) in [6.45, 7) is 30.5. The molecule has 0 aromatic heterocycles. The molecule has 7 heterocycles. The van der Waals surface area contributed by atoms with E-state index in [0.29, 0.717) is 94.9 Å². The lowest BCUT2D eigenvalue weighted by molar-refractivity contribution is 0.0590. The van der Waals surface area contributed by atoms with Crippen molar-refractivity contribution in [2.24, 2.45) is 39.5 Å². The normalized spacial score (nSPS) is 17.1. The number of halogens is 3. The predicted octanol–water partition coefficient (Wildman–Crippen LogP) is 16.8. The third-order valence-corrected chi connectivity index (χ3v) is 30.3. The van der Waals surface area contributed by atoms with Gasteiger partial charge in [0, 0.05) is 133 Å². The fraction of sp³-hybridized carbons (Fsp3) is 0.357. The standard InChI is InChI=1S/C31H35N5O3S.C22H24N2O2.C21H22N2O2.C10H11BrO2.C10H13FN2.C10H15N3O2S.C7H4FN.C4H10N2/c1-22-17-23(2)27(19-26(22)18-24-11-12-36(21-24)28-8-4-3-7-25(28)20-32)31(37)35-15-13-34(14-16-35)29-9-5-6-10-30(29)40(33,38)39;1-15-10-16(2)20(22(25)26-3)12-19(15)11-17-8-9-24(14-17)21-7-5-4-6-18(21)13-23;1-14-9-15(2)19(21(24)25)11-18(14)10-16-7-8-23(13-16)20-6-4-3-5-17(20)12-22;1-6-4-7(2)9(11)5-8(6)10(12)13-3;11-9-3-1-2-4-10(9)13-6-5-8(12)7-13;11-16(14,15)10-4-2-1-3-9(10)13-7-5-12-6-8-13;8-7-4-2-1-3-6(7)5-9;5-4-1-2-6-3-4/h3-10,17,19,24H,11-16,18,21H2,1-2H3,(H2,33,38,39);4-7,10,12,17H,8-9,11,14H2,1-3H3;3-6,9,11,16H,7-8,10,13H2,1-2H3,(H,24,25);4-5H,1-3H3;1-4,8H,5-7,12H2;1-4,12H,5-8H2,(H2,11,14,15);1-4H;4,6H,1-3,5H2. The summed E-state index contributed by atoms with van der Waals surface area (Å²) >= 11 is 3.37. The lowest BCUT2D eigenvalue weighted by Crippen LogP contribution is -2.49. The van der Waals surface area contributed by atoms with Crippen LogP contribution < -0.4 is 61.8 Å². The van der Waals surface area contributed by atoms with Crippen LogP contribution in [0.2, 0.25) is 0 Å². The van der Waals surface area contributed by atoms with E-state index in [9.17, 15) is 65.7 Å². The number of rotatable bonds is 18. The van der Waals surface area contributed by atoms with E-state index in [-0.39, 0.29) is 45.1 Å². The van der Waals surface area contributed by atoms with Gasteiger partial charge in [-0.2, -0.15) is 21.0 Å². The number of benzene rings is 11. The summed E-state index contributed by atoms with van der Waals surface area (Å²) in [7, 11) is -4.68. The molecule has 33 heteroatoms. The number of carbonyl (C=O) groups is 4. The van der Waals surface area contributed by atoms with Crippen LogP contribution >= 0.6 is 15.9 Å². The van der Waals surface area contributed by atoms with E-state index in [1.165, 1.54) is 60.7 Å². The van der Waals surface area contributed by atoms with Crippen molar-refractivity contribution in [1.82, 2.24) is 15.5 Å². The van der Waals surface area contributed by atoms with Gasteiger partial charge in [-0.3, -0.25) is 4.79 Å². The third kappa shape index (κ3) is 31.6. The SMILES string of the molecule is COC(=O)c1cc(Br)c(C)cc1C.COC(=O)c1cc(CC2CCN(c3ccccc3C#N)C2)c(C)cc1C.Cc1cc(C)c(C(=O)N2CCN(c3ccccc3S(N)(=O)=O)CC2)cc1CC1CCN(c2ccccc2C#N)C1.Cc1cc(C)c(C(=O)O)cc1CC1CCN(c2ccccc2C#N)C1.N#Cc1ccccc1F.NC1CCN(c2ccccc2F)C1.NC1CCNC1.NS(=O)(=O)c1ccccc1N1CCNCC1. The van der Waals surface area contributed by atoms with Crippen molar-refractivity contribution in [3.63, 3.8) is 0 Å². The molecule has 778 valence electrons. The Hall–Kier alpha value is -13.9. The molecule has 5 atom stereocenters. The first-order valence-electron chi connectivity index (χ1n) is 49.6. The highest BCUT2D eigenvalue weighted by molar-refractivity contribution is 9.10. The van der Waals surface area contributed by atoms with E-state index < -0.39 is 31.8 Å². The molecule has 7 fully saturated rings. The van der Waals surface area contributed by atoms with Gasteiger partial charge < -0.3 is 71.0 Å². The number of aryl methyl sites for hydroxylation is 8. The fourth-order valence-electron chi connectivity index (χ4n) is 19.5. The van der Waals surface area contributed by atoms with Crippen LogP contribution in [-0.4, -0.2) is 195 Å². The number of primary sulfonamides is 2. The van der Waals surface area contributed by atoms with E-state index in [2.05, 4.69) is 96.3 Å². The highest BCUT2D eigenvalue weighted by atomic mass is 79.9. The maximum Gasteiger partial charge on any atom is 0.338 e. The van der Waals surface area contributed by atoms with Gasteiger partial charge in [0.05, 0.1) is 87.3 Å². The number of nitrogens with one attached hydrogen (secondary N) is 2. The molecule has 7 aliphatic heterocycles. The number of nitriles is 4. The van der Waals surface area contributed by atoms with Crippen LogP contribution in [0.25, 0.3) is 0 Å². The van der Waals surface area contributed by atoms with Crippen LogP contribution in [0.4, 0.5) is 42.9 Å². The average Bonchev–Trinajstić information content (AvgIpc) is 0.920. The number of piperazine rings is 2. The summed E-state index contributed by atoms with van der Waals surface area (Å²) in [5, 5.41) is 62.7. The van der Waals surface area contributed by atoms with Crippen LogP contribution in [0, 0.1) is 130 Å². The number of aromatic carboxylic acids is 1. The van der Waals surface area contributed by atoms with Crippen molar-refractivity contribution >= 4 is 93.9 Å². The number of nitrogens with zero attached hydrogens (tertiary/aromatic N) is 11. The van der Waals surface area contributed by atoms with Gasteiger partial charge in [0.2, 0.25) is 20.0 Å². The quantitative estimate of drug-likeness (QED) is 0.0392. The Bertz CT molecular complexity index is 6910. The third-order valence-electron chi connectivity index (χ3n) is 27.5. The first kappa shape index (κ1) is 114. The fourth-order valence-corrected chi connectivity index (χ4v) is 21.4. The van der Waals surface area contributed by atoms with Gasteiger partial charge in [-0.1, -0.05) is 125 Å². The summed E-state index contributed by atoms with van der Waals surface area (Å²) in [4.78, 5) is 63.3. The first-order valence-corrected chi connectivity index (χ1v) is 53.5. The van der Waals surface area contributed by atoms with Crippen molar-refractivity contribution in [3.05, 3.63) is 340 Å². The van der Waals surface area contributed by atoms with E-state index >= 15 is 0 Å². The monoisotopic (exact) mass is 2110 g/mol. The molecule has 0 bridgehead atoms. The lowest BCUT2D eigenvalue weighted by atomic mass is 9.91. The minimum atomic E-state index is -3.84. The molecule has 11 N–H and O–H groups in total. The smallest absolute Gasteiger partial charge is 0.338 e. The topological polar surface area (TPSA) is 421 Å². The predicted molar refractivity (Wildman–Crippen MR) is 583 cm³/mol. The Morgan fingerprint density at radius 3 is 1.09 bits per heavy atom. The maximum absolute atomic E-state index is 13.7. The number of hydrogen-bond donors (Lipinski definition) is 7. The van der Waals surface area contributed by atoms with Gasteiger partial charge in [0.15, 0.2) is 0 Å². The molecule has 0 aliphatic carbocycles. The summed E-state index contributed by atoms with van der Waals surface area (Å²) < 4.78 is 83.1. The molecule has 7 aliphatic rings. The number of sulfonamides is 2. The Morgan fingerprint density at radius 1 is 0.378 bits per heavy atom. The molecule has 148 heavy (non-hydrogen) atoms. The molecule has 18 rings (SSSR count). The van der Waals surface area contributed by atoms with Crippen molar-refractivity contribution in [2.75, 3.05) is 161 Å². The highest BCUT2D eigenvalue weighted by Crippen LogP contribution is 2.37. The number of amides is 1. The molecule has 0 spiro atoms. The second kappa shape index (κ2) is 54.7. The van der Waals surface area contributed by atoms with Crippen molar-refractivity contribution in [3.8, 4) is 24.3 Å². The molecule has 11 aromatic carbocycles. The van der Waals surface area contributed by atoms with Crippen molar-refractivity contribution < 1.29 is 59.4 Å². The van der Waals surface area contributed by atoms with Gasteiger partial charge >= 0.3 is 17.9 Å². The molecule has 11 aromatic rings. The molecule has 0 saturated carbocycles. The van der Waals surface area contributed by atoms with Gasteiger partial charge in [0.25, 0.3) is 5.91 Å². The number of nitrogens with two attached hydrogens (primary N) is 4. The van der Waals surface area contributed by atoms with Crippen LogP contribution in [0.5, 0.6) is 0 Å². The maximum atomic E-state index is 13.7. The number of ether oxygens (including phenoxy) is 2. The lowest BCUT2D eigenvalue weighted by Gasteiger charge is -2.37. The van der Waals surface area contributed by atoms with E-state index in [0.717, 1.165) is 215 Å². The number of carbonyl (C=O) groups excluding carboxylic acids is 3. The van der Waals surface area contributed by atoms with Gasteiger partial charge in [-0.25, -0.2) is 50.3 Å². The van der Waals surface area contributed by atoms with Crippen molar-refractivity contribution in [1.29, 1.82) is 21.0 Å². The molecule has 28 nitrogen and oxygen atoms in total. The number of hydrogen-bond acceptors (Lipinski definition) is 24. The summed E-state index contributed by atoms with van der Waals surface area (Å²) in [5.41, 5.74) is 32.7. The minimum Gasteiger partial charge on any atom is -0.478 e. The van der Waals surface area contributed by atoms with Crippen molar-refractivity contribution in [2.45, 2.75) is 129 Å². The van der Waals surface area contributed by atoms with Gasteiger partial charge in [0.1, 0.15) is 45.7 Å². The zero-order valence-corrected chi connectivity index (χ0v) is 89.0. The number of para-hydroxylation sites is 6. The summed E-state index contributed by atoms with van der Waals surface area (Å²) in [6, 6.07) is 74.5. The number of anilines is 6. The molecular formula is C115H134BrF2N17O11S2. The van der Waals surface area contributed by atoms with Gasteiger partial charge in [-0.05, 0) is 301 Å². The van der Waals surface area contributed by atoms with E-state index in [1.807, 2.05) is 170 Å². The Labute approximate surface area is 878 Å². The molecular weight excluding hydrogens is 1980 g/mol. The number of carboxylic acids is 1. The molecule has 5 unspecified atom stereocenters. The van der Waals surface area contributed by atoms with Crippen LogP contribution in [0.15, 0.2) is 233 Å². The molecule has 1 amide bonds. The Kier molecular flexibility index (Phi) is 42.2. The van der Waals surface area contributed by atoms with E-state index in [4.69, 9.17) is 31.7 Å². The zero-order chi connectivity index (χ0) is 107. The largest absolute Gasteiger partial charge is 0.478 e. The van der Waals surface area contributed by atoms with Crippen LogP contribution in [-0.2, 0) is 48.8 Å². The number of methoxy groups -OCH3 is 2. The number of carboxylic acid groups (broad SMARTS) is 1. The second-order valence-electron chi connectivity index (χ2n) is 38.1. The molecule has 0 radical (unpaired) electrons. The van der Waals surface area contributed by atoms with Crippen LogP contribution in [0.3, 0.4) is 0 Å². The zero-order valence-electron chi connectivity index (χ0n) is 85.8. The number of esters is 2.